The first-order valence-corrected chi connectivity index (χ1v) is 11.1. The zero-order valence-corrected chi connectivity index (χ0v) is 20.0. The van der Waals surface area contributed by atoms with Gasteiger partial charge >= 0.3 is 29.8 Å². The predicted molar refractivity (Wildman–Crippen MR) is 119 cm³/mol. The lowest BCUT2D eigenvalue weighted by Crippen LogP contribution is -2.58. The van der Waals surface area contributed by atoms with E-state index in [0.717, 1.165) is 0 Å². The average Bonchev–Trinajstić information content (AvgIpc) is 2.82. The summed E-state index contributed by atoms with van der Waals surface area (Å²) >= 11 is 0. The van der Waals surface area contributed by atoms with E-state index in [9.17, 15) is 39.3 Å². The Morgan fingerprint density at radius 3 is 1.56 bits per heavy atom. The number of carbonyl (C=O) groups excluding carboxylic acids is 4. The molecular formula is C24H30O12. The predicted octanol–water partition coefficient (Wildman–Crippen LogP) is -0.0127. The van der Waals surface area contributed by atoms with E-state index in [1.165, 1.54) is 26.0 Å². The zero-order valence-electron chi connectivity index (χ0n) is 20.0. The van der Waals surface area contributed by atoms with Crippen molar-refractivity contribution in [2.75, 3.05) is 26.4 Å². The molecule has 12 heteroatoms. The van der Waals surface area contributed by atoms with Crippen LogP contribution in [0.1, 0.15) is 13.8 Å². The zero-order chi connectivity index (χ0) is 27.2. The Hall–Kier alpha value is -3.51. The lowest BCUT2D eigenvalue weighted by atomic mass is 9.53. The number of carboxylic acid groups (broad SMARTS) is 1. The number of ether oxygens (including phenoxy) is 4. The molecule has 0 radical (unpaired) electrons. The van der Waals surface area contributed by atoms with Gasteiger partial charge in [-0.3, -0.25) is 14.4 Å². The van der Waals surface area contributed by atoms with Crippen LogP contribution in [0.25, 0.3) is 0 Å². The molecule has 3 rings (SSSR count). The summed E-state index contributed by atoms with van der Waals surface area (Å²) in [5.74, 6) is -12.1. The minimum Gasteiger partial charge on any atom is -0.481 e. The summed E-state index contributed by atoms with van der Waals surface area (Å²) in [6, 6.07) is 0. The molecule has 2 bridgehead atoms. The van der Waals surface area contributed by atoms with Crippen LogP contribution in [0.3, 0.4) is 0 Å². The highest BCUT2D eigenvalue weighted by Gasteiger charge is 2.61. The minimum atomic E-state index is -2.08. The highest BCUT2D eigenvalue weighted by atomic mass is 16.6. The van der Waals surface area contributed by atoms with Gasteiger partial charge in [-0.05, 0) is 19.8 Å². The lowest BCUT2D eigenvalue weighted by Gasteiger charge is -2.50. The first-order valence-electron chi connectivity index (χ1n) is 11.1. The SMILES string of the molecule is C=C(C)C(=O)OCCOC(=O)C1C2C=CC(C1C(=O)O)C(C(=O)OCCOC(=O)C(=C)C)C2C(O)O. The summed E-state index contributed by atoms with van der Waals surface area (Å²) in [6.07, 6.45) is 0.816. The molecule has 6 atom stereocenters. The fourth-order valence-corrected chi connectivity index (χ4v) is 4.49. The van der Waals surface area contributed by atoms with Gasteiger partial charge in [0.05, 0.1) is 17.8 Å². The summed E-state index contributed by atoms with van der Waals surface area (Å²) in [7, 11) is 0. The Balaban J connectivity index is 2.14. The van der Waals surface area contributed by atoms with E-state index in [1.807, 2.05) is 0 Å². The van der Waals surface area contributed by atoms with Gasteiger partial charge in [-0.15, -0.1) is 0 Å². The molecule has 0 aromatic carbocycles. The molecule has 6 unspecified atom stereocenters. The second-order valence-corrected chi connectivity index (χ2v) is 8.61. The molecule has 0 amide bonds. The van der Waals surface area contributed by atoms with Gasteiger partial charge in [-0.2, -0.15) is 0 Å². The van der Waals surface area contributed by atoms with Crippen molar-refractivity contribution in [2.24, 2.45) is 35.5 Å². The molecule has 0 heterocycles. The number of rotatable bonds is 12. The van der Waals surface area contributed by atoms with Gasteiger partial charge in [0.15, 0.2) is 6.29 Å². The molecule has 36 heavy (non-hydrogen) atoms. The largest absolute Gasteiger partial charge is 0.481 e. The summed E-state index contributed by atoms with van der Waals surface area (Å²) in [4.78, 5) is 60.7. The van der Waals surface area contributed by atoms with Crippen LogP contribution in [0.2, 0.25) is 0 Å². The van der Waals surface area contributed by atoms with Crippen LogP contribution in [0.15, 0.2) is 36.5 Å². The Kier molecular flexibility index (Phi) is 9.93. The monoisotopic (exact) mass is 510 g/mol. The highest BCUT2D eigenvalue weighted by Crippen LogP contribution is 2.53. The van der Waals surface area contributed by atoms with Crippen molar-refractivity contribution in [3.8, 4) is 0 Å². The maximum atomic E-state index is 12.9. The standard InChI is InChI=1S/C24H30O12/c1-11(2)21(29)33-7-9-35-23(31)17-13-5-6-14(15(17)19(25)26)18(16(13)20(27)28)24(32)36-10-8-34-22(30)12(3)4/h5-6,13-19,25-26H,1,3,7-10H2,2,4H3,(H,27,28). The maximum Gasteiger partial charge on any atom is 0.333 e. The van der Waals surface area contributed by atoms with Crippen LogP contribution < -0.4 is 0 Å². The van der Waals surface area contributed by atoms with Crippen LogP contribution in [0.5, 0.6) is 0 Å². The number of carboxylic acids is 1. The van der Waals surface area contributed by atoms with Crippen molar-refractivity contribution < 1.29 is 58.2 Å². The van der Waals surface area contributed by atoms with E-state index in [2.05, 4.69) is 13.2 Å². The summed E-state index contributed by atoms with van der Waals surface area (Å²) in [5.41, 5.74) is 0.296. The molecule has 12 nitrogen and oxygen atoms in total. The Morgan fingerprint density at radius 2 is 1.14 bits per heavy atom. The molecule has 3 N–H and O–H groups in total. The van der Waals surface area contributed by atoms with Crippen LogP contribution in [0.4, 0.5) is 0 Å². The van der Waals surface area contributed by atoms with E-state index < -0.39 is 71.6 Å². The lowest BCUT2D eigenvalue weighted by molar-refractivity contribution is -0.197. The minimum absolute atomic E-state index is 0.147. The van der Waals surface area contributed by atoms with E-state index in [0.29, 0.717) is 0 Å². The van der Waals surface area contributed by atoms with Crippen LogP contribution in [-0.2, 0) is 42.9 Å². The van der Waals surface area contributed by atoms with E-state index in [-0.39, 0.29) is 37.6 Å². The van der Waals surface area contributed by atoms with Crippen molar-refractivity contribution in [1.29, 1.82) is 0 Å². The van der Waals surface area contributed by atoms with Gasteiger partial charge in [0.1, 0.15) is 26.4 Å². The molecule has 0 aromatic heterocycles. The first kappa shape index (κ1) is 28.7. The molecule has 3 aliphatic carbocycles. The fourth-order valence-electron chi connectivity index (χ4n) is 4.49. The van der Waals surface area contributed by atoms with Crippen LogP contribution >= 0.6 is 0 Å². The number of allylic oxidation sites excluding steroid dienone is 2. The Bertz CT molecular complexity index is 949. The van der Waals surface area contributed by atoms with Crippen molar-refractivity contribution in [3.63, 3.8) is 0 Å². The molecule has 1 fully saturated rings. The van der Waals surface area contributed by atoms with E-state index in [1.54, 1.807) is 0 Å². The maximum absolute atomic E-state index is 12.9. The second-order valence-electron chi connectivity index (χ2n) is 8.61. The normalized spacial score (nSPS) is 26.1. The Labute approximate surface area is 207 Å². The molecule has 0 aliphatic heterocycles. The fraction of sp³-hybridized carbons (Fsp3) is 0.542. The topological polar surface area (TPSA) is 183 Å². The number of hydrogen-bond acceptors (Lipinski definition) is 11. The van der Waals surface area contributed by atoms with Crippen molar-refractivity contribution >= 4 is 29.8 Å². The number of esters is 4. The second kappa shape index (κ2) is 12.5. The van der Waals surface area contributed by atoms with Crippen molar-refractivity contribution in [2.45, 2.75) is 20.1 Å². The third-order valence-corrected chi connectivity index (χ3v) is 6.04. The van der Waals surface area contributed by atoms with Gasteiger partial charge in [0.2, 0.25) is 0 Å². The highest BCUT2D eigenvalue weighted by molar-refractivity contribution is 5.87. The number of fused-ring (bicyclic) bond motifs is 2. The third kappa shape index (κ3) is 6.58. The number of aliphatic hydroxyl groups excluding tert-OH is 1. The molecule has 198 valence electrons. The first-order chi connectivity index (χ1) is 16.9. The van der Waals surface area contributed by atoms with E-state index >= 15 is 0 Å². The van der Waals surface area contributed by atoms with Crippen molar-refractivity contribution in [1.82, 2.24) is 0 Å². The number of aliphatic hydroxyl groups is 2. The van der Waals surface area contributed by atoms with Gasteiger partial charge in [0, 0.05) is 23.0 Å². The summed E-state index contributed by atoms with van der Waals surface area (Å²) in [5, 5.41) is 30.0. The van der Waals surface area contributed by atoms with Crippen LogP contribution in [-0.4, -0.2) is 77.9 Å². The van der Waals surface area contributed by atoms with Gasteiger partial charge < -0.3 is 34.3 Å². The average molecular weight is 510 g/mol. The van der Waals surface area contributed by atoms with Crippen LogP contribution in [0, 0.1) is 35.5 Å². The van der Waals surface area contributed by atoms with Gasteiger partial charge in [0.25, 0.3) is 0 Å². The quantitative estimate of drug-likeness (QED) is 0.0798. The molecule has 0 spiro atoms. The molecule has 1 saturated carbocycles. The number of aliphatic carboxylic acids is 1. The van der Waals surface area contributed by atoms with Crippen molar-refractivity contribution in [3.05, 3.63) is 36.5 Å². The Morgan fingerprint density at radius 1 is 0.722 bits per heavy atom. The summed E-state index contributed by atoms with van der Waals surface area (Å²) in [6.45, 7) is 8.43. The van der Waals surface area contributed by atoms with E-state index in [4.69, 9.17) is 18.9 Å². The van der Waals surface area contributed by atoms with Gasteiger partial charge in [-0.25, -0.2) is 9.59 Å². The molecule has 3 aliphatic rings. The van der Waals surface area contributed by atoms with Gasteiger partial charge in [-0.1, -0.05) is 25.3 Å². The number of carbonyl (C=O) groups is 5. The summed E-state index contributed by atoms with van der Waals surface area (Å²) < 4.78 is 19.9. The molecule has 0 saturated heterocycles. The molecular weight excluding hydrogens is 480 g/mol. The molecule has 0 aromatic rings. The number of hydrogen-bond donors (Lipinski definition) is 3. The third-order valence-electron chi connectivity index (χ3n) is 6.04. The smallest absolute Gasteiger partial charge is 0.333 e.